The zero-order chi connectivity index (χ0) is 19.4. The van der Waals surface area contributed by atoms with Gasteiger partial charge in [0.15, 0.2) is 0 Å². The molecule has 5 nitrogen and oxygen atoms in total. The minimum absolute atomic E-state index is 0.0690. The van der Waals surface area contributed by atoms with Crippen LogP contribution in [0.25, 0.3) is 11.1 Å². The second-order valence-electron chi connectivity index (χ2n) is 6.24. The summed E-state index contributed by atoms with van der Waals surface area (Å²) in [5.41, 5.74) is 2.80. The minimum Gasteiger partial charge on any atom is -0.326 e. The highest BCUT2D eigenvalue weighted by Crippen LogP contribution is 2.28. The largest absolute Gasteiger partial charge is 0.326 e. The highest BCUT2D eigenvalue weighted by atomic mass is 32.2. The molecule has 27 heavy (non-hydrogen) atoms. The third-order valence-electron chi connectivity index (χ3n) is 4.35. The Morgan fingerprint density at radius 2 is 1.48 bits per heavy atom. The van der Waals surface area contributed by atoms with Gasteiger partial charge in [-0.1, -0.05) is 60.7 Å². The van der Waals surface area contributed by atoms with Crippen LogP contribution >= 0.6 is 0 Å². The molecule has 1 amide bonds. The van der Waals surface area contributed by atoms with E-state index in [4.69, 9.17) is 5.14 Å². The van der Waals surface area contributed by atoms with Gasteiger partial charge < -0.3 is 5.32 Å². The van der Waals surface area contributed by atoms with Crippen molar-refractivity contribution in [2.24, 2.45) is 5.14 Å². The molecule has 3 aromatic rings. The smallest absolute Gasteiger partial charge is 0.238 e. The highest BCUT2D eigenvalue weighted by molar-refractivity contribution is 7.89. The molecule has 0 aliphatic carbocycles. The molecule has 0 aromatic heterocycles. The Bertz CT molecular complexity index is 1050. The van der Waals surface area contributed by atoms with Gasteiger partial charge in [-0.3, -0.25) is 4.79 Å². The molecule has 1 unspecified atom stereocenters. The first kappa shape index (κ1) is 18.8. The van der Waals surface area contributed by atoms with Gasteiger partial charge in [0.2, 0.25) is 15.9 Å². The second kappa shape index (κ2) is 7.73. The third-order valence-corrected chi connectivity index (χ3v) is 5.32. The van der Waals surface area contributed by atoms with Crippen molar-refractivity contribution in [3.8, 4) is 11.1 Å². The molecule has 0 fully saturated rings. The number of rotatable bonds is 5. The molecule has 3 N–H and O–H groups in total. The van der Waals surface area contributed by atoms with Crippen molar-refractivity contribution in [3.05, 3.63) is 84.4 Å². The van der Waals surface area contributed by atoms with E-state index in [0.29, 0.717) is 16.8 Å². The van der Waals surface area contributed by atoms with Gasteiger partial charge in [-0.25, -0.2) is 13.6 Å². The number of benzene rings is 3. The van der Waals surface area contributed by atoms with Crippen molar-refractivity contribution >= 4 is 21.6 Å². The lowest BCUT2D eigenvalue weighted by Crippen LogP contribution is -2.18. The Morgan fingerprint density at radius 3 is 2.11 bits per heavy atom. The Labute approximate surface area is 158 Å². The van der Waals surface area contributed by atoms with Crippen LogP contribution in [-0.4, -0.2) is 14.3 Å². The maximum atomic E-state index is 12.4. The van der Waals surface area contributed by atoms with E-state index in [9.17, 15) is 13.2 Å². The molecule has 0 bridgehead atoms. The van der Waals surface area contributed by atoms with Crippen LogP contribution in [0.15, 0.2) is 83.8 Å². The van der Waals surface area contributed by atoms with Crippen LogP contribution in [0.3, 0.4) is 0 Å². The molecule has 6 heteroatoms. The standard InChI is InChI=1S/C21H20N2O3S/c1-15(16-7-3-2-4-8-16)21(24)23-18-13-11-17(12-14-18)19-9-5-6-10-20(19)27(22,25)26/h2-15H,1H3,(H,23,24)(H2,22,25,26). The van der Waals surface area contributed by atoms with Gasteiger partial charge >= 0.3 is 0 Å². The molecule has 0 aliphatic rings. The van der Waals surface area contributed by atoms with E-state index in [1.54, 1.807) is 42.5 Å². The number of nitrogens with two attached hydrogens (primary N) is 1. The second-order valence-corrected chi connectivity index (χ2v) is 7.77. The number of hydrogen-bond acceptors (Lipinski definition) is 3. The average molecular weight is 380 g/mol. The summed E-state index contributed by atoms with van der Waals surface area (Å²) in [5, 5.41) is 8.18. The van der Waals surface area contributed by atoms with Crippen LogP contribution in [0.2, 0.25) is 0 Å². The summed E-state index contributed by atoms with van der Waals surface area (Å²) in [4.78, 5) is 12.5. The quantitative estimate of drug-likeness (QED) is 0.706. The third kappa shape index (κ3) is 4.42. The number of carbonyl (C=O) groups is 1. The van der Waals surface area contributed by atoms with Gasteiger partial charge in [-0.05, 0) is 36.2 Å². The molecule has 3 rings (SSSR count). The Hall–Kier alpha value is -2.96. The van der Waals surface area contributed by atoms with Crippen molar-refractivity contribution in [2.45, 2.75) is 17.7 Å². The molecule has 0 radical (unpaired) electrons. The molecule has 0 saturated carbocycles. The van der Waals surface area contributed by atoms with Crippen molar-refractivity contribution < 1.29 is 13.2 Å². The predicted molar refractivity (Wildman–Crippen MR) is 107 cm³/mol. The summed E-state index contributed by atoms with van der Waals surface area (Å²) >= 11 is 0. The lowest BCUT2D eigenvalue weighted by Gasteiger charge is -2.13. The zero-order valence-corrected chi connectivity index (χ0v) is 15.6. The van der Waals surface area contributed by atoms with E-state index in [-0.39, 0.29) is 16.7 Å². The van der Waals surface area contributed by atoms with Gasteiger partial charge in [0.1, 0.15) is 0 Å². The summed E-state index contributed by atoms with van der Waals surface area (Å²) in [6.07, 6.45) is 0. The summed E-state index contributed by atoms with van der Waals surface area (Å²) in [7, 11) is -3.82. The molecule has 0 spiro atoms. The maximum Gasteiger partial charge on any atom is 0.238 e. The summed E-state index contributed by atoms with van der Waals surface area (Å²) in [6.45, 7) is 1.85. The van der Waals surface area contributed by atoms with Crippen LogP contribution in [0.4, 0.5) is 5.69 Å². The van der Waals surface area contributed by atoms with Gasteiger partial charge in [0, 0.05) is 11.3 Å². The van der Waals surface area contributed by atoms with Gasteiger partial charge in [-0.15, -0.1) is 0 Å². The lowest BCUT2D eigenvalue weighted by molar-refractivity contribution is -0.117. The minimum atomic E-state index is -3.82. The Kier molecular flexibility index (Phi) is 5.39. The van der Waals surface area contributed by atoms with Crippen LogP contribution in [-0.2, 0) is 14.8 Å². The number of amides is 1. The van der Waals surface area contributed by atoms with Crippen molar-refractivity contribution in [1.29, 1.82) is 0 Å². The molecule has 3 aromatic carbocycles. The van der Waals surface area contributed by atoms with Crippen LogP contribution in [0.5, 0.6) is 0 Å². The topological polar surface area (TPSA) is 89.3 Å². The fourth-order valence-corrected chi connectivity index (χ4v) is 3.59. The first-order chi connectivity index (χ1) is 12.9. The van der Waals surface area contributed by atoms with Crippen LogP contribution < -0.4 is 10.5 Å². The summed E-state index contributed by atoms with van der Waals surface area (Å²) in [6, 6.07) is 23.1. The summed E-state index contributed by atoms with van der Waals surface area (Å²) in [5.74, 6) is -0.395. The molecule has 0 aliphatic heterocycles. The molecular weight excluding hydrogens is 360 g/mol. The average Bonchev–Trinajstić information content (AvgIpc) is 2.68. The number of anilines is 1. The van der Waals surface area contributed by atoms with Gasteiger partial charge in [-0.2, -0.15) is 0 Å². The van der Waals surface area contributed by atoms with Crippen molar-refractivity contribution in [1.82, 2.24) is 0 Å². The molecule has 0 heterocycles. The van der Waals surface area contributed by atoms with Crippen LogP contribution in [0, 0.1) is 0 Å². The lowest BCUT2D eigenvalue weighted by atomic mass is 10.0. The maximum absolute atomic E-state index is 12.4. The SMILES string of the molecule is CC(C(=O)Nc1ccc(-c2ccccc2S(N)(=O)=O)cc1)c1ccccc1. The normalized spacial score (nSPS) is 12.4. The monoisotopic (exact) mass is 380 g/mol. The van der Waals surface area contributed by atoms with Crippen molar-refractivity contribution in [3.63, 3.8) is 0 Å². The highest BCUT2D eigenvalue weighted by Gasteiger charge is 2.16. The van der Waals surface area contributed by atoms with E-state index in [1.807, 2.05) is 37.3 Å². The van der Waals surface area contributed by atoms with Gasteiger partial charge in [0.25, 0.3) is 0 Å². The van der Waals surface area contributed by atoms with Crippen LogP contribution in [0.1, 0.15) is 18.4 Å². The van der Waals surface area contributed by atoms with Crippen molar-refractivity contribution in [2.75, 3.05) is 5.32 Å². The Balaban J connectivity index is 1.80. The fraction of sp³-hybridized carbons (Fsp3) is 0.0952. The van der Waals surface area contributed by atoms with E-state index < -0.39 is 10.0 Å². The molecule has 1 atom stereocenters. The molecule has 0 saturated heterocycles. The van der Waals surface area contributed by atoms with E-state index in [2.05, 4.69) is 5.32 Å². The Morgan fingerprint density at radius 1 is 0.889 bits per heavy atom. The number of sulfonamides is 1. The molecular formula is C21H20N2O3S. The van der Waals surface area contributed by atoms with E-state index in [0.717, 1.165) is 5.56 Å². The first-order valence-electron chi connectivity index (χ1n) is 8.44. The zero-order valence-electron chi connectivity index (χ0n) is 14.8. The number of nitrogens with one attached hydrogen (secondary N) is 1. The van der Waals surface area contributed by atoms with E-state index >= 15 is 0 Å². The first-order valence-corrected chi connectivity index (χ1v) is 9.99. The fourth-order valence-electron chi connectivity index (χ4n) is 2.83. The summed E-state index contributed by atoms with van der Waals surface area (Å²) < 4.78 is 23.5. The van der Waals surface area contributed by atoms with E-state index in [1.165, 1.54) is 6.07 Å². The number of primary sulfonamides is 1. The van der Waals surface area contributed by atoms with Gasteiger partial charge in [0.05, 0.1) is 10.8 Å². The number of carbonyl (C=O) groups excluding carboxylic acids is 1. The predicted octanol–water partition coefficient (Wildman–Crippen LogP) is 3.74. The molecule has 138 valence electrons. The number of hydrogen-bond donors (Lipinski definition) is 2.